The van der Waals surface area contributed by atoms with Gasteiger partial charge in [0, 0.05) is 18.0 Å². The zero-order valence-corrected chi connectivity index (χ0v) is 17.7. The van der Waals surface area contributed by atoms with Crippen molar-refractivity contribution in [1.29, 1.82) is 0 Å². The van der Waals surface area contributed by atoms with E-state index in [4.69, 9.17) is 16.4 Å². The summed E-state index contributed by atoms with van der Waals surface area (Å²) in [4.78, 5) is 18.1. The van der Waals surface area contributed by atoms with Gasteiger partial charge in [-0.2, -0.15) is 0 Å². The topological polar surface area (TPSA) is 50.7 Å². The van der Waals surface area contributed by atoms with Gasteiger partial charge in [-0.1, -0.05) is 55.1 Å². The Morgan fingerprint density at radius 3 is 2.86 bits per heavy atom. The highest BCUT2D eigenvalue weighted by molar-refractivity contribution is 6.39. The van der Waals surface area contributed by atoms with Crippen molar-refractivity contribution in [2.24, 2.45) is 11.1 Å². The lowest BCUT2D eigenvalue weighted by Crippen LogP contribution is -2.33. The number of rotatable bonds is 7. The molecule has 0 saturated heterocycles. The highest BCUT2D eigenvalue weighted by Crippen LogP contribution is 2.32. The molecular formula is C23H31ClN2O2. The molecule has 3 rings (SSSR count). The number of oxime groups is 1. The van der Waals surface area contributed by atoms with Gasteiger partial charge in [-0.3, -0.25) is 4.79 Å². The number of nitrogens with zero attached hydrogens (tertiary/aromatic N) is 1. The zero-order valence-electron chi connectivity index (χ0n) is 17.0. The molecule has 1 atom stereocenters. The van der Waals surface area contributed by atoms with Crippen LogP contribution in [0, 0.1) is 12.8 Å². The summed E-state index contributed by atoms with van der Waals surface area (Å²) in [5.74, 6) is 0.449. The maximum absolute atomic E-state index is 12.5. The average Bonchev–Trinajstić information content (AvgIpc) is 3.20. The number of hydrogen-bond donors (Lipinski definition) is 1. The summed E-state index contributed by atoms with van der Waals surface area (Å²) in [5, 5.41) is 7.83. The number of benzene rings is 1. The van der Waals surface area contributed by atoms with Gasteiger partial charge in [0.15, 0.2) is 0 Å². The van der Waals surface area contributed by atoms with E-state index in [9.17, 15) is 4.79 Å². The Hall–Kier alpha value is -1.81. The van der Waals surface area contributed by atoms with Crippen molar-refractivity contribution in [3.05, 3.63) is 40.4 Å². The van der Waals surface area contributed by atoms with Crippen LogP contribution in [0.2, 0.25) is 5.02 Å². The Bertz CT molecular complexity index is 751. The summed E-state index contributed by atoms with van der Waals surface area (Å²) >= 11 is 6.18. The van der Waals surface area contributed by atoms with Crippen LogP contribution in [0.4, 0.5) is 0 Å². The SMILES string of the molecule is CC/C=C(/CCNC(=O)C1=NOC(C2CCCCC2)C1)c1cc(Cl)ccc1C. The van der Waals surface area contributed by atoms with Gasteiger partial charge < -0.3 is 10.2 Å². The van der Waals surface area contributed by atoms with Crippen LogP contribution in [-0.4, -0.2) is 24.3 Å². The molecule has 152 valence electrons. The first-order valence-corrected chi connectivity index (χ1v) is 10.9. The molecule has 1 N–H and O–H groups in total. The predicted octanol–water partition coefficient (Wildman–Crippen LogP) is 5.67. The second kappa shape index (κ2) is 10.1. The minimum Gasteiger partial charge on any atom is -0.391 e. The molecule has 4 nitrogen and oxygen atoms in total. The zero-order chi connectivity index (χ0) is 19.9. The molecule has 1 saturated carbocycles. The third kappa shape index (κ3) is 5.38. The number of aryl methyl sites for hydroxylation is 1. The molecular weight excluding hydrogens is 372 g/mol. The standard InChI is InChI=1S/C23H31ClN2O2/c1-3-7-17(20-14-19(24)11-10-16(20)2)12-13-25-23(27)21-15-22(28-26-21)18-8-5-4-6-9-18/h7,10-11,14,18,22H,3-6,8-9,12-13,15H2,1-2H3,(H,25,27)/b17-7-. The Morgan fingerprint density at radius 2 is 2.11 bits per heavy atom. The van der Waals surface area contributed by atoms with Crippen LogP contribution in [-0.2, 0) is 9.63 Å². The highest BCUT2D eigenvalue weighted by atomic mass is 35.5. The van der Waals surface area contributed by atoms with E-state index in [0.29, 0.717) is 24.6 Å². The minimum atomic E-state index is -0.100. The van der Waals surface area contributed by atoms with Gasteiger partial charge in [0.25, 0.3) is 5.91 Å². The van der Waals surface area contributed by atoms with E-state index in [1.165, 1.54) is 43.2 Å². The maximum Gasteiger partial charge on any atom is 0.269 e. The van der Waals surface area contributed by atoms with Crippen molar-refractivity contribution in [2.45, 2.75) is 71.3 Å². The van der Waals surface area contributed by atoms with Gasteiger partial charge in [0.2, 0.25) is 0 Å². The molecule has 1 aromatic rings. The second-order valence-corrected chi connectivity index (χ2v) is 8.32. The molecule has 0 aromatic heterocycles. The molecule has 1 heterocycles. The summed E-state index contributed by atoms with van der Waals surface area (Å²) in [5.41, 5.74) is 4.10. The van der Waals surface area contributed by atoms with E-state index >= 15 is 0 Å². The van der Waals surface area contributed by atoms with E-state index in [1.807, 2.05) is 18.2 Å². The quantitative estimate of drug-likeness (QED) is 0.638. The summed E-state index contributed by atoms with van der Waals surface area (Å²) < 4.78 is 0. The number of allylic oxidation sites excluding steroid dienone is 1. The van der Waals surface area contributed by atoms with Crippen LogP contribution in [0.25, 0.3) is 5.57 Å². The van der Waals surface area contributed by atoms with Crippen LogP contribution in [0.3, 0.4) is 0 Å². The first kappa shape index (κ1) is 20.9. The Morgan fingerprint density at radius 1 is 1.32 bits per heavy atom. The van der Waals surface area contributed by atoms with Crippen LogP contribution in [0.5, 0.6) is 0 Å². The molecule has 1 aliphatic heterocycles. The van der Waals surface area contributed by atoms with Crippen molar-refractivity contribution < 1.29 is 9.63 Å². The number of carbonyl (C=O) groups is 1. The van der Waals surface area contributed by atoms with E-state index in [2.05, 4.69) is 30.4 Å². The molecule has 2 aliphatic rings. The minimum absolute atomic E-state index is 0.0886. The van der Waals surface area contributed by atoms with Gasteiger partial charge in [0.1, 0.15) is 11.8 Å². The van der Waals surface area contributed by atoms with Gasteiger partial charge in [0.05, 0.1) is 0 Å². The molecule has 0 bridgehead atoms. The first-order chi connectivity index (χ1) is 13.6. The van der Waals surface area contributed by atoms with Gasteiger partial charge in [-0.15, -0.1) is 0 Å². The largest absolute Gasteiger partial charge is 0.391 e. The van der Waals surface area contributed by atoms with Crippen molar-refractivity contribution in [3.8, 4) is 0 Å². The molecule has 1 amide bonds. The fraction of sp³-hybridized carbons (Fsp3) is 0.565. The molecule has 0 radical (unpaired) electrons. The van der Waals surface area contributed by atoms with Crippen molar-refractivity contribution in [1.82, 2.24) is 5.32 Å². The Labute approximate surface area is 173 Å². The first-order valence-electron chi connectivity index (χ1n) is 10.5. The predicted molar refractivity (Wildman–Crippen MR) is 116 cm³/mol. The molecule has 1 aliphatic carbocycles. The maximum atomic E-state index is 12.5. The lowest BCUT2D eigenvalue weighted by atomic mass is 9.84. The number of hydrogen-bond acceptors (Lipinski definition) is 3. The van der Waals surface area contributed by atoms with Crippen molar-refractivity contribution in [2.75, 3.05) is 6.54 Å². The van der Waals surface area contributed by atoms with Crippen LogP contribution in [0.1, 0.15) is 69.4 Å². The monoisotopic (exact) mass is 402 g/mol. The summed E-state index contributed by atoms with van der Waals surface area (Å²) in [7, 11) is 0. The number of carbonyl (C=O) groups excluding carboxylic acids is 1. The van der Waals surface area contributed by atoms with E-state index in [0.717, 1.165) is 23.4 Å². The van der Waals surface area contributed by atoms with Gasteiger partial charge in [-0.05, 0) is 67.4 Å². The Kier molecular flexibility index (Phi) is 7.55. The lowest BCUT2D eigenvalue weighted by molar-refractivity contribution is -0.114. The normalized spacial score (nSPS) is 20.6. The number of amides is 1. The fourth-order valence-corrected chi connectivity index (χ4v) is 4.41. The second-order valence-electron chi connectivity index (χ2n) is 7.89. The van der Waals surface area contributed by atoms with E-state index < -0.39 is 0 Å². The van der Waals surface area contributed by atoms with Crippen LogP contribution >= 0.6 is 11.6 Å². The van der Waals surface area contributed by atoms with Gasteiger partial charge >= 0.3 is 0 Å². The van der Waals surface area contributed by atoms with Crippen LogP contribution in [0.15, 0.2) is 29.4 Å². The summed E-state index contributed by atoms with van der Waals surface area (Å²) in [6, 6.07) is 5.95. The fourth-order valence-electron chi connectivity index (χ4n) is 4.24. The van der Waals surface area contributed by atoms with E-state index in [1.54, 1.807) is 0 Å². The van der Waals surface area contributed by atoms with Crippen LogP contribution < -0.4 is 5.32 Å². The number of halogens is 1. The average molecular weight is 403 g/mol. The van der Waals surface area contributed by atoms with E-state index in [-0.39, 0.29) is 12.0 Å². The Balaban J connectivity index is 1.51. The number of nitrogens with one attached hydrogen (secondary N) is 1. The highest BCUT2D eigenvalue weighted by Gasteiger charge is 2.33. The molecule has 1 aromatic carbocycles. The van der Waals surface area contributed by atoms with Crippen molar-refractivity contribution in [3.63, 3.8) is 0 Å². The summed E-state index contributed by atoms with van der Waals surface area (Å²) in [6.45, 7) is 4.78. The molecule has 5 heteroatoms. The van der Waals surface area contributed by atoms with Crippen molar-refractivity contribution >= 4 is 28.8 Å². The van der Waals surface area contributed by atoms with Gasteiger partial charge in [-0.25, -0.2) is 0 Å². The molecule has 28 heavy (non-hydrogen) atoms. The molecule has 1 fully saturated rings. The third-order valence-corrected chi connectivity index (χ3v) is 6.04. The third-order valence-electron chi connectivity index (χ3n) is 5.81. The summed E-state index contributed by atoms with van der Waals surface area (Å²) in [6.07, 6.45) is 10.9. The smallest absolute Gasteiger partial charge is 0.269 e. The molecule has 1 unspecified atom stereocenters. The molecule has 0 spiro atoms. The lowest BCUT2D eigenvalue weighted by Gasteiger charge is -2.25.